The van der Waals surface area contributed by atoms with Crippen molar-refractivity contribution in [1.82, 2.24) is 20.4 Å². The van der Waals surface area contributed by atoms with E-state index in [0.29, 0.717) is 12.2 Å². The van der Waals surface area contributed by atoms with Gasteiger partial charge in [-0.05, 0) is 19.5 Å². The van der Waals surface area contributed by atoms with Gasteiger partial charge in [-0.15, -0.1) is 0 Å². The Morgan fingerprint density at radius 1 is 1.67 bits per heavy atom. The van der Waals surface area contributed by atoms with Gasteiger partial charge >= 0.3 is 0 Å². The second kappa shape index (κ2) is 5.50. The highest BCUT2D eigenvalue weighted by atomic mass is 16.2. The highest BCUT2D eigenvalue weighted by molar-refractivity contribution is 5.92. The van der Waals surface area contributed by atoms with Crippen LogP contribution in [0.4, 0.5) is 0 Å². The van der Waals surface area contributed by atoms with Crippen molar-refractivity contribution in [3.05, 3.63) is 17.5 Å². The molecule has 5 heteroatoms. The van der Waals surface area contributed by atoms with Crippen LogP contribution in [0, 0.1) is 0 Å². The average molecular weight is 210 g/mol. The Bertz CT molecular complexity index is 321. The molecule has 0 saturated carbocycles. The number of H-pyrrole nitrogens is 1. The van der Waals surface area contributed by atoms with Crippen LogP contribution in [0.15, 0.2) is 6.07 Å². The van der Waals surface area contributed by atoms with Crippen molar-refractivity contribution in [2.24, 2.45) is 0 Å². The van der Waals surface area contributed by atoms with E-state index in [9.17, 15) is 4.79 Å². The molecule has 1 aromatic rings. The first-order valence-electron chi connectivity index (χ1n) is 5.13. The Balaban J connectivity index is 2.59. The van der Waals surface area contributed by atoms with Crippen LogP contribution in [0.1, 0.15) is 23.1 Å². The number of likely N-dealkylation sites (N-methyl/N-ethyl adjacent to an activating group) is 2. The second-order valence-electron chi connectivity index (χ2n) is 3.46. The van der Waals surface area contributed by atoms with Crippen LogP contribution in [0.25, 0.3) is 0 Å². The van der Waals surface area contributed by atoms with E-state index in [2.05, 4.69) is 15.5 Å². The fourth-order valence-corrected chi connectivity index (χ4v) is 1.23. The highest BCUT2D eigenvalue weighted by Crippen LogP contribution is 2.03. The van der Waals surface area contributed by atoms with Gasteiger partial charge in [0.1, 0.15) is 5.69 Å². The molecule has 1 rings (SSSR count). The molecule has 0 aromatic carbocycles. The van der Waals surface area contributed by atoms with E-state index in [1.165, 1.54) is 0 Å². The van der Waals surface area contributed by atoms with Crippen LogP contribution in [0.3, 0.4) is 0 Å². The first-order chi connectivity index (χ1) is 7.19. The van der Waals surface area contributed by atoms with Gasteiger partial charge in [0.15, 0.2) is 0 Å². The maximum Gasteiger partial charge on any atom is 0.274 e. The minimum absolute atomic E-state index is 0.0406. The molecule has 0 bridgehead atoms. The van der Waals surface area contributed by atoms with Gasteiger partial charge in [-0.1, -0.05) is 6.92 Å². The highest BCUT2D eigenvalue weighted by Gasteiger charge is 2.14. The fourth-order valence-electron chi connectivity index (χ4n) is 1.23. The summed E-state index contributed by atoms with van der Waals surface area (Å²) in [5.41, 5.74) is 1.48. The molecular formula is C10H18N4O. The molecule has 1 amide bonds. The molecule has 0 radical (unpaired) electrons. The van der Waals surface area contributed by atoms with Gasteiger partial charge in [-0.2, -0.15) is 5.10 Å². The largest absolute Gasteiger partial charge is 0.339 e. The number of carbonyl (C=O) groups excluding carboxylic acids is 1. The van der Waals surface area contributed by atoms with Crippen molar-refractivity contribution in [3.8, 4) is 0 Å². The van der Waals surface area contributed by atoms with E-state index in [-0.39, 0.29) is 5.91 Å². The topological polar surface area (TPSA) is 61.0 Å². The van der Waals surface area contributed by atoms with Crippen molar-refractivity contribution in [2.45, 2.75) is 13.3 Å². The van der Waals surface area contributed by atoms with Gasteiger partial charge in [0.2, 0.25) is 0 Å². The molecule has 5 nitrogen and oxygen atoms in total. The lowest BCUT2D eigenvalue weighted by Crippen LogP contribution is -2.32. The third-order valence-corrected chi connectivity index (χ3v) is 2.27. The van der Waals surface area contributed by atoms with Gasteiger partial charge in [0, 0.05) is 25.8 Å². The summed E-state index contributed by atoms with van der Waals surface area (Å²) in [6.07, 6.45) is 0.862. The molecule has 0 saturated heterocycles. The van der Waals surface area contributed by atoms with Crippen LogP contribution in [0.5, 0.6) is 0 Å². The molecule has 0 spiro atoms. The van der Waals surface area contributed by atoms with Crippen LogP contribution in [-0.4, -0.2) is 48.2 Å². The van der Waals surface area contributed by atoms with Gasteiger partial charge in [-0.3, -0.25) is 9.89 Å². The Morgan fingerprint density at radius 3 is 2.93 bits per heavy atom. The molecule has 0 aliphatic rings. The lowest BCUT2D eigenvalue weighted by molar-refractivity contribution is 0.0791. The third-order valence-electron chi connectivity index (χ3n) is 2.27. The normalized spacial score (nSPS) is 10.3. The predicted octanol–water partition coefficient (Wildman–Crippen LogP) is 0.263. The van der Waals surface area contributed by atoms with E-state index in [1.54, 1.807) is 18.0 Å². The number of carbonyl (C=O) groups is 1. The van der Waals surface area contributed by atoms with Crippen molar-refractivity contribution in [1.29, 1.82) is 0 Å². The first-order valence-corrected chi connectivity index (χ1v) is 5.13. The van der Waals surface area contributed by atoms with Crippen molar-refractivity contribution < 1.29 is 4.79 Å². The van der Waals surface area contributed by atoms with Gasteiger partial charge < -0.3 is 10.2 Å². The standard InChI is InChI=1S/C10H18N4O/c1-4-8-7-9(13-12-8)10(15)14(3)6-5-11-2/h7,11H,4-6H2,1-3H3,(H,12,13). The monoisotopic (exact) mass is 210 g/mol. The quantitative estimate of drug-likeness (QED) is 0.733. The zero-order chi connectivity index (χ0) is 11.3. The van der Waals surface area contributed by atoms with Gasteiger partial charge in [0.05, 0.1) is 0 Å². The van der Waals surface area contributed by atoms with Gasteiger partial charge in [-0.25, -0.2) is 0 Å². The number of rotatable bonds is 5. The third kappa shape index (κ3) is 3.06. The molecule has 0 atom stereocenters. The van der Waals surface area contributed by atoms with E-state index < -0.39 is 0 Å². The number of aromatic amines is 1. The van der Waals surface area contributed by atoms with Crippen molar-refractivity contribution in [3.63, 3.8) is 0 Å². The summed E-state index contributed by atoms with van der Waals surface area (Å²) in [6, 6.07) is 1.80. The van der Waals surface area contributed by atoms with Crippen molar-refractivity contribution in [2.75, 3.05) is 27.2 Å². The van der Waals surface area contributed by atoms with Crippen LogP contribution in [0.2, 0.25) is 0 Å². The van der Waals surface area contributed by atoms with E-state index in [4.69, 9.17) is 0 Å². The maximum atomic E-state index is 11.8. The summed E-state index contributed by atoms with van der Waals surface area (Å²) in [5.74, 6) is -0.0406. The average Bonchev–Trinajstić information content (AvgIpc) is 2.73. The van der Waals surface area contributed by atoms with Crippen LogP contribution < -0.4 is 5.32 Å². The zero-order valence-electron chi connectivity index (χ0n) is 9.50. The Morgan fingerprint density at radius 2 is 2.40 bits per heavy atom. The molecule has 0 unspecified atom stereocenters. The molecule has 0 fully saturated rings. The summed E-state index contributed by atoms with van der Waals surface area (Å²) in [4.78, 5) is 13.5. The minimum atomic E-state index is -0.0406. The Labute approximate surface area is 89.9 Å². The second-order valence-corrected chi connectivity index (χ2v) is 3.46. The number of nitrogens with zero attached hydrogens (tertiary/aromatic N) is 2. The summed E-state index contributed by atoms with van der Waals surface area (Å²) in [7, 11) is 3.64. The maximum absolute atomic E-state index is 11.8. The summed E-state index contributed by atoms with van der Waals surface area (Å²) < 4.78 is 0. The van der Waals surface area contributed by atoms with Crippen molar-refractivity contribution >= 4 is 5.91 Å². The molecule has 15 heavy (non-hydrogen) atoms. The smallest absolute Gasteiger partial charge is 0.274 e. The molecule has 1 aromatic heterocycles. The van der Waals surface area contributed by atoms with E-state index in [0.717, 1.165) is 18.7 Å². The van der Waals surface area contributed by atoms with Gasteiger partial charge in [0.25, 0.3) is 5.91 Å². The SMILES string of the molecule is CCc1cc(C(=O)N(C)CCNC)n[nH]1. The molecular weight excluding hydrogens is 192 g/mol. The molecule has 0 aliphatic carbocycles. The van der Waals surface area contributed by atoms with Crippen LogP contribution in [-0.2, 0) is 6.42 Å². The number of aryl methyl sites for hydroxylation is 1. The molecule has 2 N–H and O–H groups in total. The lowest BCUT2D eigenvalue weighted by Gasteiger charge is -2.14. The number of hydrogen-bond acceptors (Lipinski definition) is 3. The lowest BCUT2D eigenvalue weighted by atomic mass is 10.3. The molecule has 0 aliphatic heterocycles. The summed E-state index contributed by atoms with van der Waals surface area (Å²) in [5, 5.41) is 9.81. The number of amides is 1. The first kappa shape index (κ1) is 11.7. The predicted molar refractivity (Wildman–Crippen MR) is 58.9 cm³/mol. The summed E-state index contributed by atoms with van der Waals surface area (Å²) >= 11 is 0. The van der Waals surface area contributed by atoms with E-state index in [1.807, 2.05) is 14.0 Å². The molecule has 84 valence electrons. The molecule has 1 heterocycles. The Kier molecular flexibility index (Phi) is 4.30. The number of hydrogen-bond donors (Lipinski definition) is 2. The number of aromatic nitrogens is 2. The van der Waals surface area contributed by atoms with Crippen LogP contribution >= 0.6 is 0 Å². The fraction of sp³-hybridized carbons (Fsp3) is 0.600. The summed E-state index contributed by atoms with van der Waals surface area (Å²) in [6.45, 7) is 3.49. The van der Waals surface area contributed by atoms with E-state index >= 15 is 0 Å². The minimum Gasteiger partial charge on any atom is -0.339 e. The number of nitrogens with one attached hydrogen (secondary N) is 2. The zero-order valence-corrected chi connectivity index (χ0v) is 9.50. The Hall–Kier alpha value is -1.36.